The molecule has 104 valence electrons. The van der Waals surface area contributed by atoms with Crippen molar-refractivity contribution >= 4 is 11.6 Å². The van der Waals surface area contributed by atoms with E-state index in [1.165, 1.54) is 22.3 Å². The third-order valence-corrected chi connectivity index (χ3v) is 3.74. The van der Waals surface area contributed by atoms with Gasteiger partial charge in [-0.2, -0.15) is 0 Å². The molecule has 0 bridgehead atoms. The quantitative estimate of drug-likeness (QED) is 0.722. The van der Waals surface area contributed by atoms with Crippen molar-refractivity contribution in [2.45, 2.75) is 18.9 Å². The molecule has 1 aliphatic rings. The maximum absolute atomic E-state index is 11.9. The lowest BCUT2D eigenvalue weighted by atomic mass is 10.1. The summed E-state index contributed by atoms with van der Waals surface area (Å²) in [4.78, 5) is 11.9. The first-order chi connectivity index (χ1) is 10.2. The molecule has 0 saturated heterocycles. The molecule has 3 heteroatoms. The molecule has 0 heterocycles. The second-order valence-corrected chi connectivity index (χ2v) is 5.21. The van der Waals surface area contributed by atoms with Crippen LogP contribution in [0, 0.1) is 12.3 Å². The average molecular weight is 276 g/mol. The van der Waals surface area contributed by atoms with Gasteiger partial charge in [0.15, 0.2) is 0 Å². The van der Waals surface area contributed by atoms with Gasteiger partial charge < -0.3 is 11.1 Å². The zero-order chi connectivity index (χ0) is 14.8. The maximum Gasteiger partial charge on any atom is 0.242 e. The first kappa shape index (κ1) is 13.4. The number of nitrogens with one attached hydrogen (secondary N) is 1. The van der Waals surface area contributed by atoms with E-state index in [0.717, 1.165) is 12.1 Å². The molecule has 2 aromatic rings. The molecule has 2 aromatic carbocycles. The monoisotopic (exact) mass is 276 g/mol. The first-order valence-corrected chi connectivity index (χ1v) is 6.90. The Morgan fingerprint density at radius 3 is 2.81 bits per heavy atom. The summed E-state index contributed by atoms with van der Waals surface area (Å²) in [7, 11) is 0. The van der Waals surface area contributed by atoms with Crippen LogP contribution in [0.4, 0.5) is 5.69 Å². The molecule has 1 unspecified atom stereocenters. The van der Waals surface area contributed by atoms with E-state index in [-0.39, 0.29) is 12.3 Å². The molecule has 3 nitrogen and oxygen atoms in total. The van der Waals surface area contributed by atoms with Gasteiger partial charge in [0, 0.05) is 12.1 Å². The van der Waals surface area contributed by atoms with Crippen LogP contribution in [0.1, 0.15) is 17.5 Å². The molecule has 1 amide bonds. The van der Waals surface area contributed by atoms with E-state index in [0.29, 0.717) is 0 Å². The van der Waals surface area contributed by atoms with Gasteiger partial charge >= 0.3 is 0 Å². The van der Waals surface area contributed by atoms with Gasteiger partial charge in [-0.1, -0.05) is 30.3 Å². The number of carbonyl (C=O) groups excluding carboxylic acids is 1. The lowest BCUT2D eigenvalue weighted by Gasteiger charge is -2.11. The standard InChI is InChI=1S/C18H16N2O/c1-2-5-17(19)18(21)20-14-8-9-16-13(11-14)10-12-6-3-4-7-15(12)16/h1,3-4,6-9,11,17H,5,10,19H2,(H,20,21). The summed E-state index contributed by atoms with van der Waals surface area (Å²) in [5.41, 5.74) is 11.5. The number of hydrogen-bond acceptors (Lipinski definition) is 2. The van der Waals surface area contributed by atoms with E-state index in [4.69, 9.17) is 12.2 Å². The average Bonchev–Trinajstić information content (AvgIpc) is 2.85. The van der Waals surface area contributed by atoms with E-state index in [1.54, 1.807) is 0 Å². The molecule has 3 rings (SSSR count). The summed E-state index contributed by atoms with van der Waals surface area (Å²) in [6.45, 7) is 0. The lowest BCUT2D eigenvalue weighted by molar-refractivity contribution is -0.117. The second kappa shape index (κ2) is 5.43. The Bertz CT molecular complexity index is 743. The van der Waals surface area contributed by atoms with Crippen molar-refractivity contribution in [1.29, 1.82) is 0 Å². The second-order valence-electron chi connectivity index (χ2n) is 5.21. The largest absolute Gasteiger partial charge is 0.325 e. The van der Waals surface area contributed by atoms with Crippen LogP contribution in [0.3, 0.4) is 0 Å². The Hall–Kier alpha value is -2.57. The van der Waals surface area contributed by atoms with Crippen molar-refractivity contribution in [1.82, 2.24) is 0 Å². The van der Waals surface area contributed by atoms with E-state index in [1.807, 2.05) is 30.3 Å². The van der Waals surface area contributed by atoms with Gasteiger partial charge in [-0.25, -0.2) is 0 Å². The Balaban J connectivity index is 1.81. The molecule has 0 fully saturated rings. The van der Waals surface area contributed by atoms with E-state index in [9.17, 15) is 4.79 Å². The summed E-state index contributed by atoms with van der Waals surface area (Å²) in [5.74, 6) is 2.16. The SMILES string of the molecule is C#CCC(N)C(=O)Nc1ccc2c(c1)Cc1ccccc1-2. The number of terminal acetylenes is 1. The van der Waals surface area contributed by atoms with Crippen LogP contribution in [0.25, 0.3) is 11.1 Å². The van der Waals surface area contributed by atoms with Crippen molar-refractivity contribution in [2.75, 3.05) is 5.32 Å². The Labute approximate surface area is 124 Å². The van der Waals surface area contributed by atoms with Gasteiger partial charge in [0.25, 0.3) is 0 Å². The fourth-order valence-electron chi connectivity index (χ4n) is 2.68. The summed E-state index contributed by atoms with van der Waals surface area (Å²) in [6, 6.07) is 13.6. The van der Waals surface area contributed by atoms with Crippen LogP contribution in [-0.4, -0.2) is 11.9 Å². The molecule has 21 heavy (non-hydrogen) atoms. The number of amides is 1. The highest BCUT2D eigenvalue weighted by molar-refractivity contribution is 5.95. The maximum atomic E-state index is 11.9. The van der Waals surface area contributed by atoms with Gasteiger partial charge in [0.1, 0.15) is 0 Å². The highest BCUT2D eigenvalue weighted by Gasteiger charge is 2.19. The fourth-order valence-corrected chi connectivity index (χ4v) is 2.68. The van der Waals surface area contributed by atoms with Crippen LogP contribution in [0.2, 0.25) is 0 Å². The van der Waals surface area contributed by atoms with Gasteiger partial charge in [0.05, 0.1) is 6.04 Å². The lowest BCUT2D eigenvalue weighted by Crippen LogP contribution is -2.35. The van der Waals surface area contributed by atoms with Crippen molar-refractivity contribution in [3.8, 4) is 23.5 Å². The molecular formula is C18H16N2O. The molecular weight excluding hydrogens is 260 g/mol. The molecule has 1 atom stereocenters. The highest BCUT2D eigenvalue weighted by atomic mass is 16.2. The molecule has 0 saturated carbocycles. The summed E-state index contributed by atoms with van der Waals surface area (Å²) >= 11 is 0. The van der Waals surface area contributed by atoms with Gasteiger partial charge in [-0.05, 0) is 40.8 Å². The number of anilines is 1. The normalized spacial score (nSPS) is 13.0. The van der Waals surface area contributed by atoms with Crippen molar-refractivity contribution in [2.24, 2.45) is 5.73 Å². The van der Waals surface area contributed by atoms with Crippen molar-refractivity contribution < 1.29 is 4.79 Å². The van der Waals surface area contributed by atoms with Crippen molar-refractivity contribution in [3.05, 3.63) is 53.6 Å². The molecule has 1 aliphatic carbocycles. The smallest absolute Gasteiger partial charge is 0.242 e. The number of fused-ring (bicyclic) bond motifs is 3. The predicted molar refractivity (Wildman–Crippen MR) is 84.7 cm³/mol. The Morgan fingerprint density at radius 2 is 2.00 bits per heavy atom. The van der Waals surface area contributed by atoms with Gasteiger partial charge in [-0.15, -0.1) is 12.3 Å². The number of benzene rings is 2. The number of rotatable bonds is 3. The predicted octanol–water partition coefficient (Wildman–Crippen LogP) is 2.55. The topological polar surface area (TPSA) is 55.1 Å². The first-order valence-electron chi connectivity index (χ1n) is 6.90. The van der Waals surface area contributed by atoms with Crippen LogP contribution in [0.5, 0.6) is 0 Å². The Kier molecular flexibility index (Phi) is 3.47. The minimum atomic E-state index is -0.666. The zero-order valence-electron chi connectivity index (χ0n) is 11.6. The van der Waals surface area contributed by atoms with Crippen LogP contribution in [-0.2, 0) is 11.2 Å². The minimum Gasteiger partial charge on any atom is -0.325 e. The molecule has 0 aliphatic heterocycles. The third kappa shape index (κ3) is 2.54. The van der Waals surface area contributed by atoms with E-state index >= 15 is 0 Å². The number of nitrogens with two attached hydrogens (primary N) is 1. The summed E-state index contributed by atoms with van der Waals surface area (Å²) < 4.78 is 0. The van der Waals surface area contributed by atoms with E-state index in [2.05, 4.69) is 23.4 Å². The third-order valence-electron chi connectivity index (χ3n) is 3.74. The zero-order valence-corrected chi connectivity index (χ0v) is 11.6. The van der Waals surface area contributed by atoms with Crippen LogP contribution in [0.15, 0.2) is 42.5 Å². The molecule has 0 aromatic heterocycles. The number of carbonyl (C=O) groups is 1. The minimum absolute atomic E-state index is 0.238. The van der Waals surface area contributed by atoms with Crippen molar-refractivity contribution in [3.63, 3.8) is 0 Å². The van der Waals surface area contributed by atoms with Gasteiger partial charge in [0.2, 0.25) is 5.91 Å². The van der Waals surface area contributed by atoms with Crippen LogP contribution >= 0.6 is 0 Å². The molecule has 3 N–H and O–H groups in total. The van der Waals surface area contributed by atoms with Crippen LogP contribution < -0.4 is 11.1 Å². The number of hydrogen-bond donors (Lipinski definition) is 2. The summed E-state index contributed by atoms with van der Waals surface area (Å²) in [5, 5.41) is 2.82. The van der Waals surface area contributed by atoms with E-state index < -0.39 is 6.04 Å². The Morgan fingerprint density at radius 1 is 1.24 bits per heavy atom. The molecule has 0 spiro atoms. The fraction of sp³-hybridized carbons (Fsp3) is 0.167. The van der Waals surface area contributed by atoms with Gasteiger partial charge in [-0.3, -0.25) is 4.79 Å². The molecule has 0 radical (unpaired) electrons. The summed E-state index contributed by atoms with van der Waals surface area (Å²) in [6.07, 6.45) is 6.31. The highest BCUT2D eigenvalue weighted by Crippen LogP contribution is 2.37.